The molecule has 0 spiro atoms. The van der Waals surface area contributed by atoms with Gasteiger partial charge >= 0.3 is 5.97 Å². The van der Waals surface area contributed by atoms with E-state index in [-0.39, 0.29) is 17.2 Å². The lowest BCUT2D eigenvalue weighted by molar-refractivity contribution is -0.137. The van der Waals surface area contributed by atoms with Crippen molar-refractivity contribution in [2.75, 3.05) is 18.2 Å². The highest BCUT2D eigenvalue weighted by atomic mass is 32.2. The van der Waals surface area contributed by atoms with Gasteiger partial charge < -0.3 is 14.5 Å². The summed E-state index contributed by atoms with van der Waals surface area (Å²) in [5, 5.41) is 13.1. The molecule has 0 saturated carbocycles. The van der Waals surface area contributed by atoms with E-state index in [0.717, 1.165) is 11.8 Å². The van der Waals surface area contributed by atoms with E-state index in [1.165, 1.54) is 13.4 Å². The SMILES string of the molecule is COC(=O)CSC1=C(C#N)[C@@H](c2ccco2)C(C(=O)Nc2ccccc2)C(C)=N1. The fourth-order valence-corrected chi connectivity index (χ4v) is 4.01. The quantitative estimate of drug-likeness (QED) is 0.729. The summed E-state index contributed by atoms with van der Waals surface area (Å²) in [6.45, 7) is 1.73. The van der Waals surface area contributed by atoms with Crippen LogP contribution in [0.25, 0.3) is 0 Å². The van der Waals surface area contributed by atoms with Crippen LogP contribution in [0.1, 0.15) is 18.6 Å². The molecule has 1 aromatic carbocycles. The number of allylic oxidation sites excluding steroid dienone is 1. The Morgan fingerprint density at radius 2 is 2.03 bits per heavy atom. The highest BCUT2D eigenvalue weighted by Gasteiger charge is 2.41. The van der Waals surface area contributed by atoms with E-state index >= 15 is 0 Å². The molecule has 1 N–H and O–H groups in total. The van der Waals surface area contributed by atoms with E-state index in [1.54, 1.807) is 31.2 Å². The monoisotopic (exact) mass is 409 g/mol. The molecule has 2 atom stereocenters. The van der Waals surface area contributed by atoms with E-state index in [0.29, 0.717) is 22.2 Å². The van der Waals surface area contributed by atoms with Crippen LogP contribution < -0.4 is 5.32 Å². The first-order valence-electron chi connectivity index (χ1n) is 8.83. The summed E-state index contributed by atoms with van der Waals surface area (Å²) in [6, 6.07) is 14.7. The Morgan fingerprint density at radius 1 is 1.28 bits per heavy atom. The normalized spacial score (nSPS) is 18.6. The van der Waals surface area contributed by atoms with Gasteiger partial charge in [0.1, 0.15) is 10.8 Å². The van der Waals surface area contributed by atoms with Gasteiger partial charge in [-0.2, -0.15) is 5.26 Å². The molecule has 1 amide bonds. The Balaban J connectivity index is 1.98. The highest BCUT2D eigenvalue weighted by Crippen LogP contribution is 2.42. The number of anilines is 1. The van der Waals surface area contributed by atoms with Crippen LogP contribution in [0.4, 0.5) is 5.69 Å². The second kappa shape index (κ2) is 9.26. The van der Waals surface area contributed by atoms with Crippen molar-refractivity contribution in [2.24, 2.45) is 10.9 Å². The lowest BCUT2D eigenvalue weighted by atomic mass is 9.79. The van der Waals surface area contributed by atoms with Crippen molar-refractivity contribution in [2.45, 2.75) is 12.8 Å². The third kappa shape index (κ3) is 4.58. The van der Waals surface area contributed by atoms with Crippen molar-refractivity contribution in [1.29, 1.82) is 5.26 Å². The van der Waals surface area contributed by atoms with Gasteiger partial charge in [0.25, 0.3) is 0 Å². The molecule has 1 unspecified atom stereocenters. The van der Waals surface area contributed by atoms with Crippen LogP contribution in [0.15, 0.2) is 68.7 Å². The Hall–Kier alpha value is -3.31. The number of hydrogen-bond acceptors (Lipinski definition) is 7. The predicted octanol–water partition coefficient (Wildman–Crippen LogP) is 3.73. The standard InChI is InChI=1S/C21H19N3O4S/c1-13-18(20(26)24-14-7-4-3-5-8-14)19(16-9-6-10-28-16)15(11-22)21(23-13)29-12-17(25)27-2/h3-10,18-19H,12H2,1-2H3,(H,24,26)/t18?,19-/m0/s1. The molecule has 8 heteroatoms. The number of nitrogens with zero attached hydrogens (tertiary/aromatic N) is 2. The van der Waals surface area contributed by atoms with Crippen LogP contribution in [0.3, 0.4) is 0 Å². The van der Waals surface area contributed by atoms with Gasteiger partial charge in [0, 0.05) is 11.4 Å². The third-order valence-corrected chi connectivity index (χ3v) is 5.42. The highest BCUT2D eigenvalue weighted by molar-refractivity contribution is 8.03. The summed E-state index contributed by atoms with van der Waals surface area (Å²) in [6.07, 6.45) is 1.50. The van der Waals surface area contributed by atoms with Gasteiger partial charge in [-0.15, -0.1) is 0 Å². The Labute approximate surface area is 172 Å². The summed E-state index contributed by atoms with van der Waals surface area (Å²) >= 11 is 1.11. The van der Waals surface area contributed by atoms with E-state index in [4.69, 9.17) is 4.42 Å². The average Bonchev–Trinajstić information content (AvgIpc) is 3.26. The summed E-state index contributed by atoms with van der Waals surface area (Å²) in [7, 11) is 1.30. The first kappa shape index (κ1) is 20.4. The number of thioether (sulfide) groups is 1. The number of amides is 1. The van der Waals surface area contributed by atoms with Gasteiger partial charge in [-0.25, -0.2) is 4.99 Å². The van der Waals surface area contributed by atoms with Crippen LogP contribution in [0.2, 0.25) is 0 Å². The number of carbonyl (C=O) groups excluding carboxylic acids is 2. The number of ether oxygens (including phenoxy) is 1. The van der Waals surface area contributed by atoms with Crippen molar-refractivity contribution in [3.8, 4) is 6.07 Å². The van der Waals surface area contributed by atoms with E-state index in [2.05, 4.69) is 21.1 Å². The van der Waals surface area contributed by atoms with Gasteiger partial charge in [-0.05, 0) is 31.2 Å². The van der Waals surface area contributed by atoms with E-state index in [9.17, 15) is 14.9 Å². The largest absolute Gasteiger partial charge is 0.469 e. The molecule has 0 radical (unpaired) electrons. The molecule has 29 heavy (non-hydrogen) atoms. The summed E-state index contributed by atoms with van der Waals surface area (Å²) in [5.74, 6) is -1.58. The molecular formula is C21H19N3O4S. The molecule has 0 fully saturated rings. The number of furan rings is 1. The summed E-state index contributed by atoms with van der Waals surface area (Å²) in [5.41, 5.74) is 1.47. The number of aliphatic imine (C=N–C) groups is 1. The number of nitriles is 1. The molecule has 3 rings (SSSR count). The minimum absolute atomic E-state index is 0.0134. The number of hydrogen-bond donors (Lipinski definition) is 1. The van der Waals surface area contributed by atoms with Gasteiger partial charge in [0.2, 0.25) is 5.91 Å². The minimum Gasteiger partial charge on any atom is -0.469 e. The van der Waals surface area contributed by atoms with E-state index in [1.807, 2.05) is 18.2 Å². The number of para-hydroxylation sites is 1. The van der Waals surface area contributed by atoms with E-state index < -0.39 is 17.8 Å². The second-order valence-electron chi connectivity index (χ2n) is 6.27. The molecule has 7 nitrogen and oxygen atoms in total. The fraction of sp³-hybridized carbons (Fsp3) is 0.238. The topological polar surface area (TPSA) is 105 Å². The third-order valence-electron chi connectivity index (χ3n) is 4.45. The maximum atomic E-state index is 13.1. The molecule has 1 aliphatic rings. The van der Waals surface area contributed by atoms with Crippen molar-refractivity contribution < 1.29 is 18.7 Å². The lowest BCUT2D eigenvalue weighted by Gasteiger charge is -2.29. The number of rotatable bonds is 6. The first-order valence-corrected chi connectivity index (χ1v) is 9.82. The number of benzene rings is 1. The van der Waals surface area contributed by atoms with Crippen LogP contribution in [-0.4, -0.2) is 30.5 Å². The molecule has 1 aromatic heterocycles. The first-order chi connectivity index (χ1) is 14.0. The molecule has 2 aromatic rings. The maximum Gasteiger partial charge on any atom is 0.316 e. The number of esters is 1. The molecule has 148 valence electrons. The summed E-state index contributed by atoms with van der Waals surface area (Å²) in [4.78, 5) is 29.1. The zero-order valence-electron chi connectivity index (χ0n) is 15.9. The predicted molar refractivity (Wildman–Crippen MR) is 110 cm³/mol. The van der Waals surface area contributed by atoms with Crippen molar-refractivity contribution in [3.63, 3.8) is 0 Å². The molecule has 0 bridgehead atoms. The molecule has 1 aliphatic heterocycles. The van der Waals surface area contributed by atoms with Crippen LogP contribution >= 0.6 is 11.8 Å². The smallest absolute Gasteiger partial charge is 0.316 e. The van der Waals surface area contributed by atoms with Crippen molar-refractivity contribution in [1.82, 2.24) is 0 Å². The molecule has 2 heterocycles. The van der Waals surface area contributed by atoms with Gasteiger partial charge in [0.15, 0.2) is 0 Å². The Morgan fingerprint density at radius 3 is 2.66 bits per heavy atom. The second-order valence-corrected chi connectivity index (χ2v) is 7.24. The van der Waals surface area contributed by atoms with Gasteiger partial charge in [-0.3, -0.25) is 9.59 Å². The van der Waals surface area contributed by atoms with Crippen LogP contribution in [-0.2, 0) is 14.3 Å². The minimum atomic E-state index is -0.724. The maximum absolute atomic E-state index is 13.1. The average molecular weight is 409 g/mol. The zero-order chi connectivity index (χ0) is 20.8. The molecule has 0 aliphatic carbocycles. The fourth-order valence-electron chi connectivity index (χ4n) is 3.10. The van der Waals surface area contributed by atoms with Crippen molar-refractivity contribution >= 4 is 35.0 Å². The Kier molecular flexibility index (Phi) is 6.52. The number of methoxy groups -OCH3 is 1. The van der Waals surface area contributed by atoms with Crippen molar-refractivity contribution in [3.05, 3.63) is 65.1 Å². The van der Waals surface area contributed by atoms with Gasteiger partial charge in [0.05, 0.1) is 42.6 Å². The number of carbonyl (C=O) groups is 2. The number of nitrogens with one attached hydrogen (secondary N) is 1. The van der Waals surface area contributed by atoms with Gasteiger partial charge in [-0.1, -0.05) is 30.0 Å². The molecular weight excluding hydrogens is 390 g/mol. The van der Waals surface area contributed by atoms with Crippen LogP contribution in [0, 0.1) is 17.2 Å². The molecule has 0 saturated heterocycles. The Bertz CT molecular complexity index is 991. The lowest BCUT2D eigenvalue weighted by Crippen LogP contribution is -2.36. The summed E-state index contributed by atoms with van der Waals surface area (Å²) < 4.78 is 10.2. The zero-order valence-corrected chi connectivity index (χ0v) is 16.7. The van der Waals surface area contributed by atoms with Crippen LogP contribution in [0.5, 0.6) is 0 Å².